The van der Waals surface area contributed by atoms with Crippen molar-refractivity contribution in [2.75, 3.05) is 32.1 Å². The highest BCUT2D eigenvalue weighted by Crippen LogP contribution is 2.18. The Kier molecular flexibility index (Phi) is 4.80. The van der Waals surface area contributed by atoms with Crippen LogP contribution in [0.2, 0.25) is 0 Å². The number of aryl methyl sites for hydroxylation is 1. The van der Waals surface area contributed by atoms with Crippen molar-refractivity contribution < 1.29 is 9.53 Å². The summed E-state index contributed by atoms with van der Waals surface area (Å²) in [5.74, 6) is 0.402. The van der Waals surface area contributed by atoms with E-state index >= 15 is 0 Å². The van der Waals surface area contributed by atoms with Gasteiger partial charge in [-0.15, -0.1) is 0 Å². The molecule has 1 unspecified atom stereocenters. The van der Waals surface area contributed by atoms with Gasteiger partial charge in [-0.05, 0) is 62.5 Å². The SMILES string of the molecule is COC(=O)c1ccc(NCC2CCCNC2)c(C)c1. The summed E-state index contributed by atoms with van der Waals surface area (Å²) in [4.78, 5) is 11.4. The number of hydrogen-bond acceptors (Lipinski definition) is 4. The van der Waals surface area contributed by atoms with Crippen molar-refractivity contribution in [2.45, 2.75) is 19.8 Å². The molecule has 0 bridgehead atoms. The number of benzene rings is 1. The van der Waals surface area contributed by atoms with Crippen LogP contribution in [0.5, 0.6) is 0 Å². The third-order valence-electron chi connectivity index (χ3n) is 3.63. The summed E-state index contributed by atoms with van der Waals surface area (Å²) in [6.45, 7) is 5.22. The summed E-state index contributed by atoms with van der Waals surface area (Å²) in [5.41, 5.74) is 2.77. The van der Waals surface area contributed by atoms with Gasteiger partial charge in [0.15, 0.2) is 0 Å². The predicted molar refractivity (Wildman–Crippen MR) is 76.6 cm³/mol. The minimum Gasteiger partial charge on any atom is -0.465 e. The maximum Gasteiger partial charge on any atom is 0.337 e. The molecular formula is C15H22N2O2. The first kappa shape index (κ1) is 13.9. The summed E-state index contributed by atoms with van der Waals surface area (Å²) in [6.07, 6.45) is 2.53. The normalized spacial score (nSPS) is 18.9. The van der Waals surface area contributed by atoms with Crippen LogP contribution in [-0.4, -0.2) is 32.7 Å². The van der Waals surface area contributed by atoms with Crippen LogP contribution < -0.4 is 10.6 Å². The van der Waals surface area contributed by atoms with Gasteiger partial charge in [0.25, 0.3) is 0 Å². The van der Waals surface area contributed by atoms with Gasteiger partial charge < -0.3 is 15.4 Å². The summed E-state index contributed by atoms with van der Waals surface area (Å²) in [7, 11) is 1.40. The Balaban J connectivity index is 1.95. The van der Waals surface area contributed by atoms with Crippen LogP contribution in [0.4, 0.5) is 5.69 Å². The first-order chi connectivity index (χ1) is 9.20. The topological polar surface area (TPSA) is 50.4 Å². The van der Waals surface area contributed by atoms with Gasteiger partial charge in [0, 0.05) is 12.2 Å². The molecule has 2 rings (SSSR count). The van der Waals surface area contributed by atoms with Crippen molar-refractivity contribution in [3.05, 3.63) is 29.3 Å². The van der Waals surface area contributed by atoms with E-state index in [-0.39, 0.29) is 5.97 Å². The van der Waals surface area contributed by atoms with Crippen molar-refractivity contribution in [3.8, 4) is 0 Å². The number of ether oxygens (including phenoxy) is 1. The second-order valence-corrected chi connectivity index (χ2v) is 5.11. The summed E-state index contributed by atoms with van der Waals surface area (Å²) in [6, 6.07) is 5.63. The molecule has 0 radical (unpaired) electrons. The van der Waals surface area contributed by atoms with E-state index in [4.69, 9.17) is 4.74 Å². The Labute approximate surface area is 114 Å². The van der Waals surface area contributed by atoms with Crippen LogP contribution in [0.25, 0.3) is 0 Å². The number of esters is 1. The highest BCUT2D eigenvalue weighted by molar-refractivity contribution is 5.90. The standard InChI is InChI=1S/C15H22N2O2/c1-11-8-13(15(18)19-2)5-6-14(11)17-10-12-4-3-7-16-9-12/h5-6,8,12,16-17H,3-4,7,9-10H2,1-2H3. The van der Waals surface area contributed by atoms with Crippen molar-refractivity contribution in [2.24, 2.45) is 5.92 Å². The van der Waals surface area contributed by atoms with E-state index in [1.54, 1.807) is 6.07 Å². The zero-order valence-electron chi connectivity index (χ0n) is 11.7. The number of carbonyl (C=O) groups is 1. The second kappa shape index (κ2) is 6.57. The molecule has 104 valence electrons. The van der Waals surface area contributed by atoms with Crippen LogP contribution in [0.3, 0.4) is 0 Å². The first-order valence-corrected chi connectivity index (χ1v) is 6.84. The minimum absolute atomic E-state index is 0.286. The molecule has 1 fully saturated rings. The molecule has 1 aliphatic rings. The van der Waals surface area contributed by atoms with Crippen LogP contribution in [0.1, 0.15) is 28.8 Å². The summed E-state index contributed by atoms with van der Waals surface area (Å²) in [5, 5.41) is 6.89. The molecule has 1 atom stereocenters. The molecule has 1 aliphatic heterocycles. The summed E-state index contributed by atoms with van der Waals surface area (Å²) < 4.78 is 4.72. The monoisotopic (exact) mass is 262 g/mol. The second-order valence-electron chi connectivity index (χ2n) is 5.11. The average Bonchev–Trinajstić information content (AvgIpc) is 2.46. The predicted octanol–water partition coefficient (Wildman–Crippen LogP) is 2.19. The number of anilines is 1. The molecule has 0 aromatic heterocycles. The molecule has 2 N–H and O–H groups in total. The van der Waals surface area contributed by atoms with Gasteiger partial charge in [-0.3, -0.25) is 0 Å². The van der Waals surface area contributed by atoms with Crippen molar-refractivity contribution in [1.82, 2.24) is 5.32 Å². The number of nitrogens with one attached hydrogen (secondary N) is 2. The molecule has 0 spiro atoms. The van der Waals surface area contributed by atoms with Gasteiger partial charge in [-0.25, -0.2) is 4.79 Å². The number of methoxy groups -OCH3 is 1. The molecule has 0 aliphatic carbocycles. The molecular weight excluding hydrogens is 240 g/mol. The van der Waals surface area contributed by atoms with Gasteiger partial charge >= 0.3 is 5.97 Å². The maximum atomic E-state index is 11.4. The van der Waals surface area contributed by atoms with E-state index < -0.39 is 0 Å². The van der Waals surface area contributed by atoms with E-state index in [1.807, 2.05) is 19.1 Å². The highest BCUT2D eigenvalue weighted by atomic mass is 16.5. The highest BCUT2D eigenvalue weighted by Gasteiger charge is 2.13. The molecule has 1 aromatic carbocycles. The fourth-order valence-corrected chi connectivity index (χ4v) is 2.46. The Morgan fingerprint density at radius 3 is 3.00 bits per heavy atom. The van der Waals surface area contributed by atoms with E-state index in [0.29, 0.717) is 11.5 Å². The Morgan fingerprint density at radius 2 is 2.37 bits per heavy atom. The van der Waals surface area contributed by atoms with E-state index in [9.17, 15) is 4.79 Å². The lowest BCUT2D eigenvalue weighted by atomic mass is 9.99. The lowest BCUT2D eigenvalue weighted by molar-refractivity contribution is 0.0600. The van der Waals surface area contributed by atoms with Crippen LogP contribution in [-0.2, 0) is 4.74 Å². The van der Waals surface area contributed by atoms with E-state index in [1.165, 1.54) is 20.0 Å². The zero-order chi connectivity index (χ0) is 13.7. The fourth-order valence-electron chi connectivity index (χ4n) is 2.46. The van der Waals surface area contributed by atoms with Gasteiger partial charge in [0.05, 0.1) is 12.7 Å². The lowest BCUT2D eigenvalue weighted by Crippen LogP contribution is -2.33. The molecule has 0 saturated carbocycles. The zero-order valence-corrected chi connectivity index (χ0v) is 11.7. The minimum atomic E-state index is -0.286. The Morgan fingerprint density at radius 1 is 1.53 bits per heavy atom. The van der Waals surface area contributed by atoms with Gasteiger partial charge in [0.2, 0.25) is 0 Å². The van der Waals surface area contributed by atoms with Crippen molar-refractivity contribution in [1.29, 1.82) is 0 Å². The lowest BCUT2D eigenvalue weighted by Gasteiger charge is -2.23. The molecule has 1 heterocycles. The van der Waals surface area contributed by atoms with Gasteiger partial charge in [-0.1, -0.05) is 0 Å². The molecule has 1 aromatic rings. The third-order valence-corrected chi connectivity index (χ3v) is 3.63. The Hall–Kier alpha value is -1.55. The molecule has 4 heteroatoms. The van der Waals surface area contributed by atoms with Crippen molar-refractivity contribution >= 4 is 11.7 Å². The van der Waals surface area contributed by atoms with Crippen LogP contribution in [0.15, 0.2) is 18.2 Å². The van der Waals surface area contributed by atoms with Crippen molar-refractivity contribution in [3.63, 3.8) is 0 Å². The average molecular weight is 262 g/mol. The number of carbonyl (C=O) groups excluding carboxylic acids is 1. The number of hydrogen-bond donors (Lipinski definition) is 2. The number of piperidine rings is 1. The Bertz CT molecular complexity index is 440. The van der Waals surface area contributed by atoms with Gasteiger partial charge in [0.1, 0.15) is 0 Å². The van der Waals surface area contributed by atoms with Gasteiger partial charge in [-0.2, -0.15) is 0 Å². The molecule has 4 nitrogen and oxygen atoms in total. The quantitative estimate of drug-likeness (QED) is 0.817. The third kappa shape index (κ3) is 3.70. The molecule has 19 heavy (non-hydrogen) atoms. The van der Waals surface area contributed by atoms with E-state index in [2.05, 4.69) is 10.6 Å². The van der Waals surface area contributed by atoms with E-state index in [0.717, 1.165) is 30.9 Å². The maximum absolute atomic E-state index is 11.4. The number of rotatable bonds is 4. The molecule has 1 saturated heterocycles. The largest absolute Gasteiger partial charge is 0.465 e. The fraction of sp³-hybridized carbons (Fsp3) is 0.533. The first-order valence-electron chi connectivity index (χ1n) is 6.84. The molecule has 0 amide bonds. The smallest absolute Gasteiger partial charge is 0.337 e. The van der Waals surface area contributed by atoms with Crippen LogP contribution in [0, 0.1) is 12.8 Å². The summed E-state index contributed by atoms with van der Waals surface area (Å²) >= 11 is 0. The van der Waals surface area contributed by atoms with Crippen LogP contribution >= 0.6 is 0 Å².